The molecule has 0 spiro atoms. The molecule has 3 nitrogen and oxygen atoms in total. The molecule has 1 aliphatic carbocycles. The van der Waals surface area contributed by atoms with Crippen LogP contribution in [0.2, 0.25) is 0 Å². The van der Waals surface area contributed by atoms with Crippen LogP contribution < -0.4 is 4.57 Å². The first-order valence-electron chi connectivity index (χ1n) is 13.5. The van der Waals surface area contributed by atoms with Crippen LogP contribution in [0, 0.1) is 26.3 Å². The number of benzene rings is 3. The van der Waals surface area contributed by atoms with Crippen molar-refractivity contribution in [1.29, 1.82) is 0 Å². The van der Waals surface area contributed by atoms with Gasteiger partial charge in [0.15, 0.2) is 11.4 Å². The lowest BCUT2D eigenvalue weighted by atomic mass is 9.84. The van der Waals surface area contributed by atoms with Crippen molar-refractivity contribution in [3.63, 3.8) is 0 Å². The molecule has 2 aromatic heterocycles. The van der Waals surface area contributed by atoms with Crippen molar-refractivity contribution in [2.75, 3.05) is 0 Å². The van der Waals surface area contributed by atoms with E-state index in [2.05, 4.69) is 66.7 Å². The van der Waals surface area contributed by atoms with E-state index in [0.29, 0.717) is 5.69 Å². The van der Waals surface area contributed by atoms with Gasteiger partial charge in [-0.15, -0.1) is 0 Å². The average Bonchev–Trinajstić information content (AvgIpc) is 3.30. The van der Waals surface area contributed by atoms with Crippen LogP contribution in [-0.4, -0.2) is 0 Å². The van der Waals surface area contributed by atoms with Crippen molar-refractivity contribution in [1.82, 2.24) is 0 Å². The van der Waals surface area contributed by atoms with Gasteiger partial charge in [0.05, 0.1) is 12.1 Å². The molecule has 0 N–H and O–H groups in total. The molecule has 0 radical (unpaired) electrons. The SMILES string of the molecule is [C-]#[N+]c1ccc2c(oc3c(-c4cc(CC5CCCCC5)cc(C)[n+]4C)c(C)ccc32)c1-c1ccccc1. The lowest BCUT2D eigenvalue weighted by Crippen LogP contribution is -2.35. The second-order valence-electron chi connectivity index (χ2n) is 10.7. The van der Waals surface area contributed by atoms with Gasteiger partial charge < -0.3 is 4.42 Å². The van der Waals surface area contributed by atoms with E-state index in [1.165, 1.54) is 54.6 Å². The smallest absolute Gasteiger partial charge is 0.216 e. The van der Waals surface area contributed by atoms with Gasteiger partial charge in [0.2, 0.25) is 5.69 Å². The van der Waals surface area contributed by atoms with Crippen molar-refractivity contribution in [3.05, 3.63) is 95.0 Å². The highest BCUT2D eigenvalue weighted by molar-refractivity contribution is 6.15. The number of nitrogens with zero attached hydrogens (tertiary/aromatic N) is 2. The lowest BCUT2D eigenvalue weighted by Gasteiger charge is -2.21. The molecule has 0 bridgehead atoms. The minimum atomic E-state index is 0.618. The van der Waals surface area contributed by atoms with Gasteiger partial charge >= 0.3 is 0 Å². The van der Waals surface area contributed by atoms with E-state index < -0.39 is 0 Å². The van der Waals surface area contributed by atoms with Gasteiger partial charge in [-0.1, -0.05) is 86.7 Å². The molecular formula is C34H33N2O+. The van der Waals surface area contributed by atoms with Crippen LogP contribution in [0.3, 0.4) is 0 Å². The number of fused-ring (bicyclic) bond motifs is 3. The topological polar surface area (TPSA) is 21.4 Å². The highest BCUT2D eigenvalue weighted by Crippen LogP contribution is 2.44. The Labute approximate surface area is 219 Å². The Hall–Kier alpha value is -3.90. The minimum absolute atomic E-state index is 0.618. The van der Waals surface area contributed by atoms with Crippen molar-refractivity contribution in [2.45, 2.75) is 52.4 Å². The van der Waals surface area contributed by atoms with E-state index in [1.807, 2.05) is 30.3 Å². The van der Waals surface area contributed by atoms with Crippen LogP contribution in [0.25, 0.3) is 49.2 Å². The molecule has 37 heavy (non-hydrogen) atoms. The van der Waals surface area contributed by atoms with E-state index in [1.54, 1.807) is 0 Å². The summed E-state index contributed by atoms with van der Waals surface area (Å²) >= 11 is 0. The Morgan fingerprint density at radius 1 is 0.865 bits per heavy atom. The molecule has 1 fully saturated rings. The summed E-state index contributed by atoms with van der Waals surface area (Å²) in [6.45, 7) is 12.2. The Kier molecular flexibility index (Phi) is 6.05. The third-order valence-corrected chi connectivity index (χ3v) is 8.29. The molecule has 5 aromatic rings. The largest absolute Gasteiger partial charge is 0.456 e. The van der Waals surface area contributed by atoms with Gasteiger partial charge in [0.1, 0.15) is 18.2 Å². The van der Waals surface area contributed by atoms with E-state index in [0.717, 1.165) is 51.0 Å². The predicted molar refractivity (Wildman–Crippen MR) is 152 cm³/mol. The third kappa shape index (κ3) is 4.11. The fourth-order valence-corrected chi connectivity index (χ4v) is 6.24. The second-order valence-corrected chi connectivity index (χ2v) is 10.7. The number of hydrogen-bond acceptors (Lipinski definition) is 1. The fraction of sp³-hybridized carbons (Fsp3) is 0.294. The summed E-state index contributed by atoms with van der Waals surface area (Å²) in [6, 6.07) is 23.3. The molecule has 3 aromatic carbocycles. The van der Waals surface area contributed by atoms with Crippen LogP contribution in [0.1, 0.15) is 48.9 Å². The van der Waals surface area contributed by atoms with Crippen LogP contribution in [0.4, 0.5) is 5.69 Å². The molecule has 1 aliphatic rings. The molecule has 6 rings (SSSR count). The summed E-state index contributed by atoms with van der Waals surface area (Å²) in [5.41, 5.74) is 10.4. The predicted octanol–water partition coefficient (Wildman–Crippen LogP) is 9.03. The van der Waals surface area contributed by atoms with Gasteiger partial charge in [-0.05, 0) is 36.0 Å². The summed E-state index contributed by atoms with van der Waals surface area (Å²) in [5, 5.41) is 2.15. The fourth-order valence-electron chi connectivity index (χ4n) is 6.24. The quantitative estimate of drug-likeness (QED) is 0.184. The molecule has 184 valence electrons. The van der Waals surface area contributed by atoms with E-state index >= 15 is 0 Å². The van der Waals surface area contributed by atoms with Crippen molar-refractivity contribution in [2.24, 2.45) is 13.0 Å². The number of pyridine rings is 1. The Morgan fingerprint density at radius 2 is 1.57 bits per heavy atom. The zero-order valence-corrected chi connectivity index (χ0v) is 22.0. The molecule has 0 unspecified atom stereocenters. The third-order valence-electron chi connectivity index (χ3n) is 8.29. The summed E-state index contributed by atoms with van der Waals surface area (Å²) in [5.74, 6) is 0.789. The van der Waals surface area contributed by atoms with Crippen molar-refractivity contribution < 1.29 is 8.98 Å². The van der Waals surface area contributed by atoms with E-state index in [4.69, 9.17) is 11.0 Å². The first-order chi connectivity index (χ1) is 18.0. The summed E-state index contributed by atoms with van der Waals surface area (Å²) in [4.78, 5) is 3.84. The highest BCUT2D eigenvalue weighted by Gasteiger charge is 2.25. The number of rotatable bonds is 4. The van der Waals surface area contributed by atoms with Crippen LogP contribution >= 0.6 is 0 Å². The molecular weight excluding hydrogens is 452 g/mol. The maximum absolute atomic E-state index is 7.82. The molecule has 0 atom stereocenters. The van der Waals surface area contributed by atoms with Gasteiger partial charge in [0.25, 0.3) is 0 Å². The molecule has 0 aliphatic heterocycles. The molecule has 0 amide bonds. The van der Waals surface area contributed by atoms with Crippen LogP contribution in [-0.2, 0) is 13.5 Å². The van der Waals surface area contributed by atoms with Crippen molar-refractivity contribution in [3.8, 4) is 22.4 Å². The molecule has 0 saturated heterocycles. The first-order valence-corrected chi connectivity index (χ1v) is 13.5. The number of aryl methyl sites for hydroxylation is 2. The summed E-state index contributed by atoms with van der Waals surface area (Å²) in [6.07, 6.45) is 7.96. The van der Waals surface area contributed by atoms with Crippen molar-refractivity contribution >= 4 is 27.6 Å². The minimum Gasteiger partial charge on any atom is -0.456 e. The Morgan fingerprint density at radius 3 is 2.30 bits per heavy atom. The molecule has 2 heterocycles. The number of hydrogen-bond donors (Lipinski definition) is 0. The van der Waals surface area contributed by atoms with Gasteiger partial charge in [-0.25, -0.2) is 4.85 Å². The Bertz CT molecular complexity index is 1660. The van der Waals surface area contributed by atoms with Gasteiger partial charge in [-0.3, -0.25) is 0 Å². The standard InChI is InChI=1S/C34H33N2O/c1-22-15-16-27-28-17-18-29(35-3)32(26-13-9-6-10-14-26)34(28)37-33(27)31(22)30-21-25(19-23(2)36(30)4)20-24-11-7-5-8-12-24/h6,9-10,13-19,21,24H,5,7-8,11-12,20H2,1-2,4H3/q+1. The van der Waals surface area contributed by atoms with Crippen LogP contribution in [0.5, 0.6) is 0 Å². The average molecular weight is 486 g/mol. The van der Waals surface area contributed by atoms with E-state index in [-0.39, 0.29) is 0 Å². The maximum atomic E-state index is 7.82. The summed E-state index contributed by atoms with van der Waals surface area (Å²) < 4.78 is 9.07. The maximum Gasteiger partial charge on any atom is 0.216 e. The molecule has 3 heteroatoms. The summed E-state index contributed by atoms with van der Waals surface area (Å²) in [7, 11) is 2.16. The zero-order valence-electron chi connectivity index (χ0n) is 22.0. The number of aromatic nitrogens is 1. The monoisotopic (exact) mass is 485 g/mol. The normalized spacial score (nSPS) is 14.3. The number of furan rings is 1. The van der Waals surface area contributed by atoms with Gasteiger partial charge in [0, 0.05) is 35.4 Å². The zero-order chi connectivity index (χ0) is 25.5. The highest BCUT2D eigenvalue weighted by atomic mass is 16.3. The van der Waals surface area contributed by atoms with Crippen LogP contribution in [0.15, 0.2) is 71.1 Å². The second kappa shape index (κ2) is 9.52. The van der Waals surface area contributed by atoms with Gasteiger partial charge in [-0.2, -0.15) is 4.57 Å². The lowest BCUT2D eigenvalue weighted by molar-refractivity contribution is -0.666. The van der Waals surface area contributed by atoms with E-state index in [9.17, 15) is 0 Å². The Balaban J connectivity index is 1.59. The molecule has 1 saturated carbocycles. The first kappa shape index (κ1) is 23.5.